The number of nitrogens with one attached hydrogen (secondary N) is 1. The highest BCUT2D eigenvalue weighted by Crippen LogP contribution is 2.11. The minimum atomic E-state index is -0.477. The van der Waals surface area contributed by atoms with Crippen LogP contribution >= 0.6 is 0 Å². The molecule has 0 heterocycles. The predicted molar refractivity (Wildman–Crippen MR) is 87.9 cm³/mol. The van der Waals surface area contributed by atoms with Gasteiger partial charge < -0.3 is 20.2 Å². The molecule has 0 radical (unpaired) electrons. The van der Waals surface area contributed by atoms with E-state index in [1.54, 1.807) is 38.1 Å². The van der Waals surface area contributed by atoms with Crippen molar-refractivity contribution in [2.75, 3.05) is 25.0 Å². The van der Waals surface area contributed by atoms with Gasteiger partial charge >= 0.3 is 12.0 Å². The summed E-state index contributed by atoms with van der Waals surface area (Å²) in [7, 11) is 0. The van der Waals surface area contributed by atoms with Crippen LogP contribution in [0.2, 0.25) is 0 Å². The Morgan fingerprint density at radius 2 is 2.04 bits per heavy atom. The molecule has 7 nitrogen and oxygen atoms in total. The summed E-state index contributed by atoms with van der Waals surface area (Å²) in [5.74, 6) is -0.477. The number of benzene rings is 1. The summed E-state index contributed by atoms with van der Waals surface area (Å²) >= 11 is 0. The zero-order valence-corrected chi connectivity index (χ0v) is 13.3. The Morgan fingerprint density at radius 1 is 1.39 bits per heavy atom. The Labute approximate surface area is 135 Å². The summed E-state index contributed by atoms with van der Waals surface area (Å²) in [5, 5.41) is 14.5. The van der Waals surface area contributed by atoms with Gasteiger partial charge in [0.05, 0.1) is 12.3 Å². The summed E-state index contributed by atoms with van der Waals surface area (Å²) in [5.41, 5.74) is 1.76. The van der Waals surface area contributed by atoms with Crippen molar-refractivity contribution in [3.8, 4) is 0 Å². The maximum absolute atomic E-state index is 12.2. The predicted octanol–water partition coefficient (Wildman–Crippen LogP) is 2.47. The summed E-state index contributed by atoms with van der Waals surface area (Å²) in [6.45, 7) is 7.27. The first-order chi connectivity index (χ1) is 11.0. The van der Waals surface area contributed by atoms with Gasteiger partial charge in [-0.05, 0) is 31.5 Å². The maximum atomic E-state index is 12.2. The minimum Gasteiger partial charge on any atom is -0.465 e. The normalized spacial score (nSPS) is 10.8. The molecule has 1 rings (SSSR count). The molecule has 1 aromatic carbocycles. The third-order valence-corrected chi connectivity index (χ3v) is 2.97. The van der Waals surface area contributed by atoms with Gasteiger partial charge in [-0.2, -0.15) is 0 Å². The molecule has 0 fully saturated rings. The van der Waals surface area contributed by atoms with Crippen LogP contribution in [0.15, 0.2) is 42.1 Å². The van der Waals surface area contributed by atoms with Crippen LogP contribution in [-0.4, -0.2) is 47.5 Å². The van der Waals surface area contributed by atoms with Gasteiger partial charge in [-0.25, -0.2) is 4.79 Å². The standard InChI is InChI=1S/C16H21N3O4/c1-4-10-19(11-15(20)23-5-2)16(21)17-14-8-6-13(7-9-14)12(3)18-22/h4,6-9,22H,1,5,10-11H2,2-3H3,(H,17,21)/b18-12+. The smallest absolute Gasteiger partial charge is 0.325 e. The highest BCUT2D eigenvalue weighted by atomic mass is 16.5. The summed E-state index contributed by atoms with van der Waals surface area (Å²) in [6.07, 6.45) is 1.53. The molecule has 0 unspecified atom stereocenters. The second kappa shape index (κ2) is 9.24. The number of hydrogen-bond donors (Lipinski definition) is 2. The van der Waals surface area contributed by atoms with E-state index in [9.17, 15) is 9.59 Å². The lowest BCUT2D eigenvalue weighted by Gasteiger charge is -2.20. The number of nitrogens with zero attached hydrogens (tertiary/aromatic N) is 2. The highest BCUT2D eigenvalue weighted by Gasteiger charge is 2.16. The molecule has 0 saturated heterocycles. The number of urea groups is 1. The van der Waals surface area contributed by atoms with Gasteiger partial charge in [-0.1, -0.05) is 23.4 Å². The van der Waals surface area contributed by atoms with E-state index in [-0.39, 0.29) is 19.7 Å². The molecule has 0 aliphatic rings. The fraction of sp³-hybridized carbons (Fsp3) is 0.312. The maximum Gasteiger partial charge on any atom is 0.325 e. The minimum absolute atomic E-state index is 0.153. The first kappa shape index (κ1) is 18.2. The van der Waals surface area contributed by atoms with E-state index in [1.165, 1.54) is 11.0 Å². The van der Waals surface area contributed by atoms with Crippen molar-refractivity contribution in [2.45, 2.75) is 13.8 Å². The van der Waals surface area contributed by atoms with E-state index >= 15 is 0 Å². The third-order valence-electron chi connectivity index (χ3n) is 2.97. The molecule has 0 aliphatic carbocycles. The lowest BCUT2D eigenvalue weighted by Crippen LogP contribution is -2.39. The van der Waals surface area contributed by atoms with Crippen molar-refractivity contribution >= 4 is 23.4 Å². The number of carbonyl (C=O) groups excluding carboxylic acids is 2. The molecule has 0 saturated carbocycles. The van der Waals surface area contributed by atoms with E-state index in [0.717, 1.165) is 5.56 Å². The van der Waals surface area contributed by atoms with Gasteiger partial charge in [0.2, 0.25) is 0 Å². The van der Waals surface area contributed by atoms with E-state index in [4.69, 9.17) is 9.94 Å². The van der Waals surface area contributed by atoms with Crippen LogP contribution in [0.1, 0.15) is 19.4 Å². The number of ether oxygens (including phenoxy) is 1. The van der Waals surface area contributed by atoms with Crippen LogP contribution in [0.3, 0.4) is 0 Å². The van der Waals surface area contributed by atoms with Gasteiger partial charge in [0.15, 0.2) is 0 Å². The number of amides is 2. The Kier molecular flexibility index (Phi) is 7.32. The van der Waals surface area contributed by atoms with E-state index in [0.29, 0.717) is 11.4 Å². The van der Waals surface area contributed by atoms with Crippen LogP contribution in [0.25, 0.3) is 0 Å². The summed E-state index contributed by atoms with van der Waals surface area (Å²) in [6, 6.07) is 6.36. The molecule has 0 spiro atoms. The second-order valence-electron chi connectivity index (χ2n) is 4.67. The summed E-state index contributed by atoms with van der Waals surface area (Å²) in [4.78, 5) is 25.0. The molecule has 0 aliphatic heterocycles. The average Bonchev–Trinajstić information content (AvgIpc) is 2.54. The van der Waals surface area contributed by atoms with E-state index < -0.39 is 12.0 Å². The van der Waals surface area contributed by atoms with Gasteiger partial charge in [0, 0.05) is 12.2 Å². The van der Waals surface area contributed by atoms with Crippen molar-refractivity contribution in [2.24, 2.45) is 5.16 Å². The van der Waals surface area contributed by atoms with Crippen LogP contribution in [0.5, 0.6) is 0 Å². The molecule has 124 valence electrons. The SMILES string of the molecule is C=CCN(CC(=O)OCC)C(=O)Nc1ccc(/C(C)=N/O)cc1. The largest absolute Gasteiger partial charge is 0.465 e. The Bertz CT molecular complexity index is 581. The molecule has 7 heteroatoms. The molecule has 0 bridgehead atoms. The molecule has 23 heavy (non-hydrogen) atoms. The van der Waals surface area contributed by atoms with Gasteiger partial charge in [0.1, 0.15) is 6.54 Å². The molecular weight excluding hydrogens is 298 g/mol. The molecule has 2 amide bonds. The third kappa shape index (κ3) is 5.82. The lowest BCUT2D eigenvalue weighted by molar-refractivity contribution is -0.143. The summed E-state index contributed by atoms with van der Waals surface area (Å²) < 4.78 is 4.84. The Morgan fingerprint density at radius 3 is 2.57 bits per heavy atom. The van der Waals surface area contributed by atoms with Gasteiger partial charge in [-0.3, -0.25) is 4.79 Å². The lowest BCUT2D eigenvalue weighted by atomic mass is 10.1. The zero-order chi connectivity index (χ0) is 17.2. The quantitative estimate of drug-likeness (QED) is 0.265. The van der Waals surface area contributed by atoms with Crippen LogP contribution < -0.4 is 5.32 Å². The Hall–Kier alpha value is -2.83. The Balaban J connectivity index is 2.74. The molecule has 2 N–H and O–H groups in total. The van der Waals surface area contributed by atoms with Gasteiger partial charge in [-0.15, -0.1) is 6.58 Å². The molecule has 0 aromatic heterocycles. The van der Waals surface area contributed by atoms with Crippen molar-refractivity contribution < 1.29 is 19.5 Å². The van der Waals surface area contributed by atoms with Gasteiger partial charge in [0.25, 0.3) is 0 Å². The highest BCUT2D eigenvalue weighted by molar-refractivity contribution is 5.99. The van der Waals surface area contributed by atoms with Crippen LogP contribution in [-0.2, 0) is 9.53 Å². The van der Waals surface area contributed by atoms with Crippen molar-refractivity contribution in [1.82, 2.24) is 4.90 Å². The first-order valence-electron chi connectivity index (χ1n) is 7.13. The van der Waals surface area contributed by atoms with Crippen molar-refractivity contribution in [3.05, 3.63) is 42.5 Å². The van der Waals surface area contributed by atoms with E-state index in [1.807, 2.05) is 0 Å². The second-order valence-corrected chi connectivity index (χ2v) is 4.67. The molecule has 0 atom stereocenters. The average molecular weight is 319 g/mol. The number of rotatable bonds is 7. The first-order valence-corrected chi connectivity index (χ1v) is 7.13. The number of oxime groups is 1. The van der Waals surface area contributed by atoms with Crippen molar-refractivity contribution in [3.63, 3.8) is 0 Å². The molecule has 1 aromatic rings. The monoisotopic (exact) mass is 319 g/mol. The van der Waals surface area contributed by atoms with Crippen LogP contribution in [0.4, 0.5) is 10.5 Å². The number of anilines is 1. The topological polar surface area (TPSA) is 91.2 Å². The fourth-order valence-electron chi connectivity index (χ4n) is 1.79. The number of esters is 1. The fourth-order valence-corrected chi connectivity index (χ4v) is 1.79. The molecular formula is C16H21N3O4. The van der Waals surface area contributed by atoms with Crippen LogP contribution in [0, 0.1) is 0 Å². The zero-order valence-electron chi connectivity index (χ0n) is 13.3. The van der Waals surface area contributed by atoms with Crippen molar-refractivity contribution in [1.29, 1.82) is 0 Å². The number of hydrogen-bond acceptors (Lipinski definition) is 5. The number of carbonyl (C=O) groups is 2. The van der Waals surface area contributed by atoms with E-state index in [2.05, 4.69) is 17.1 Å².